The van der Waals surface area contributed by atoms with Crippen LogP contribution in [0.25, 0.3) is 0 Å². The molecule has 2 aliphatic carbocycles. The summed E-state index contributed by atoms with van der Waals surface area (Å²) in [7, 11) is 0. The summed E-state index contributed by atoms with van der Waals surface area (Å²) in [5.74, 6) is -0.502. The minimum atomic E-state index is -0.852. The molecule has 21 heavy (non-hydrogen) atoms. The van der Waals surface area contributed by atoms with E-state index < -0.39 is 17.6 Å². The topological polar surface area (TPSA) is 83.6 Å². The first-order valence-corrected chi connectivity index (χ1v) is 8.33. The zero-order chi connectivity index (χ0) is 15.0. The monoisotopic (exact) mass is 294 g/mol. The van der Waals surface area contributed by atoms with Crippen LogP contribution in [-0.2, 0) is 9.59 Å². The number of carbonyl (C=O) groups excluding carboxylic acids is 1. The molecule has 3 N–H and O–H groups in total. The average Bonchev–Trinajstić information content (AvgIpc) is 3.02. The van der Waals surface area contributed by atoms with Gasteiger partial charge in [0, 0.05) is 18.0 Å². The molecule has 5 nitrogen and oxygen atoms in total. The van der Waals surface area contributed by atoms with Crippen molar-refractivity contribution >= 4 is 11.9 Å². The second-order valence-corrected chi connectivity index (χ2v) is 7.25. The highest BCUT2D eigenvalue weighted by Crippen LogP contribution is 2.41. The minimum Gasteiger partial charge on any atom is -0.480 e. The number of aliphatic carboxylic acids is 1. The maximum atomic E-state index is 12.8. The number of nitrogens with zero attached hydrogens (tertiary/aromatic N) is 1. The molecule has 0 aromatic rings. The van der Waals surface area contributed by atoms with E-state index in [1.54, 1.807) is 4.90 Å². The molecule has 0 aromatic heterocycles. The number of nitrogens with two attached hydrogens (primary N) is 1. The highest BCUT2D eigenvalue weighted by molar-refractivity contribution is 5.85. The minimum absolute atomic E-state index is 0.0267. The molecule has 5 heteroatoms. The zero-order valence-corrected chi connectivity index (χ0v) is 12.6. The van der Waals surface area contributed by atoms with Crippen LogP contribution in [0.5, 0.6) is 0 Å². The fourth-order valence-electron chi connectivity index (χ4n) is 4.69. The van der Waals surface area contributed by atoms with E-state index in [-0.39, 0.29) is 11.9 Å². The SMILES string of the molecule is NC1(CC(=O)N2C(C(=O)O)CC3CCCCC32)CCCC1. The van der Waals surface area contributed by atoms with Gasteiger partial charge in [0.05, 0.1) is 0 Å². The van der Waals surface area contributed by atoms with Crippen molar-refractivity contribution in [1.82, 2.24) is 4.90 Å². The third kappa shape index (κ3) is 2.80. The lowest BCUT2D eigenvalue weighted by Crippen LogP contribution is -2.50. The third-order valence-electron chi connectivity index (χ3n) is 5.76. The van der Waals surface area contributed by atoms with Crippen molar-refractivity contribution in [3.63, 3.8) is 0 Å². The van der Waals surface area contributed by atoms with Crippen LogP contribution < -0.4 is 5.73 Å². The molecule has 3 fully saturated rings. The molecule has 3 atom stereocenters. The molecule has 0 aromatic carbocycles. The van der Waals surface area contributed by atoms with Gasteiger partial charge >= 0.3 is 5.97 Å². The lowest BCUT2D eigenvalue weighted by atomic mass is 9.84. The van der Waals surface area contributed by atoms with Crippen molar-refractivity contribution in [2.24, 2.45) is 11.7 Å². The summed E-state index contributed by atoms with van der Waals surface area (Å²) in [4.78, 5) is 26.0. The molecule has 1 amide bonds. The van der Waals surface area contributed by atoms with E-state index in [2.05, 4.69) is 0 Å². The Morgan fingerprint density at radius 1 is 1.14 bits per heavy atom. The zero-order valence-electron chi connectivity index (χ0n) is 12.6. The number of carbonyl (C=O) groups is 2. The quantitative estimate of drug-likeness (QED) is 0.832. The third-order valence-corrected chi connectivity index (χ3v) is 5.76. The van der Waals surface area contributed by atoms with Crippen LogP contribution in [0.3, 0.4) is 0 Å². The number of carboxylic acids is 1. The Hall–Kier alpha value is -1.10. The van der Waals surface area contributed by atoms with Crippen LogP contribution in [0.2, 0.25) is 0 Å². The van der Waals surface area contributed by atoms with Gasteiger partial charge in [-0.25, -0.2) is 4.79 Å². The van der Waals surface area contributed by atoms with Gasteiger partial charge in [-0.3, -0.25) is 4.79 Å². The number of likely N-dealkylation sites (tertiary alicyclic amines) is 1. The lowest BCUT2D eigenvalue weighted by molar-refractivity contribution is -0.150. The van der Waals surface area contributed by atoms with E-state index in [1.807, 2.05) is 0 Å². The van der Waals surface area contributed by atoms with Gasteiger partial charge in [0.1, 0.15) is 6.04 Å². The summed E-state index contributed by atoms with van der Waals surface area (Å²) < 4.78 is 0. The van der Waals surface area contributed by atoms with Crippen LogP contribution in [-0.4, -0.2) is 39.5 Å². The number of hydrogen-bond acceptors (Lipinski definition) is 3. The van der Waals surface area contributed by atoms with Gasteiger partial charge in [0.2, 0.25) is 5.91 Å². The van der Waals surface area contributed by atoms with Gasteiger partial charge in [-0.2, -0.15) is 0 Å². The molecule has 118 valence electrons. The molecule has 0 spiro atoms. The van der Waals surface area contributed by atoms with Crippen molar-refractivity contribution in [3.8, 4) is 0 Å². The number of rotatable bonds is 3. The molecule has 0 bridgehead atoms. The van der Waals surface area contributed by atoms with Gasteiger partial charge in [-0.05, 0) is 38.0 Å². The Labute approximate surface area is 125 Å². The fraction of sp³-hybridized carbons (Fsp3) is 0.875. The predicted molar refractivity (Wildman–Crippen MR) is 78.6 cm³/mol. The van der Waals surface area contributed by atoms with Gasteiger partial charge in [0.25, 0.3) is 0 Å². The Morgan fingerprint density at radius 2 is 1.81 bits per heavy atom. The number of amides is 1. The maximum absolute atomic E-state index is 12.8. The highest BCUT2D eigenvalue weighted by Gasteiger charge is 2.48. The molecular formula is C16H26N2O3. The van der Waals surface area contributed by atoms with E-state index in [4.69, 9.17) is 5.73 Å². The molecule has 1 heterocycles. The van der Waals surface area contributed by atoms with Crippen molar-refractivity contribution in [3.05, 3.63) is 0 Å². The number of hydrogen-bond donors (Lipinski definition) is 2. The van der Waals surface area contributed by atoms with Crippen molar-refractivity contribution in [2.75, 3.05) is 0 Å². The Morgan fingerprint density at radius 3 is 2.48 bits per heavy atom. The summed E-state index contributed by atoms with van der Waals surface area (Å²) >= 11 is 0. The fourth-order valence-corrected chi connectivity index (χ4v) is 4.69. The highest BCUT2D eigenvalue weighted by atomic mass is 16.4. The van der Waals surface area contributed by atoms with E-state index in [9.17, 15) is 14.7 Å². The van der Waals surface area contributed by atoms with Gasteiger partial charge in [-0.15, -0.1) is 0 Å². The van der Waals surface area contributed by atoms with Crippen LogP contribution >= 0.6 is 0 Å². The summed E-state index contributed by atoms with van der Waals surface area (Å²) in [6.07, 6.45) is 9.17. The second kappa shape index (κ2) is 5.59. The first-order chi connectivity index (χ1) is 10.0. The predicted octanol–water partition coefficient (Wildman–Crippen LogP) is 1.89. The van der Waals surface area contributed by atoms with Crippen molar-refractivity contribution in [2.45, 2.75) is 81.8 Å². The van der Waals surface area contributed by atoms with Gasteiger partial charge < -0.3 is 15.7 Å². The number of carboxylic acid groups (broad SMARTS) is 1. The lowest BCUT2D eigenvalue weighted by Gasteiger charge is -2.35. The normalized spacial score (nSPS) is 34.7. The molecule has 0 radical (unpaired) electrons. The first kappa shape index (κ1) is 14.8. The Balaban J connectivity index is 1.76. The Kier molecular flexibility index (Phi) is 3.95. The number of fused-ring (bicyclic) bond motifs is 1. The maximum Gasteiger partial charge on any atom is 0.326 e. The molecule has 2 saturated carbocycles. The standard InChI is InChI=1S/C16H26N2O3/c17-16(7-3-4-8-16)10-14(19)18-12-6-2-1-5-11(12)9-13(18)15(20)21/h11-13H,1-10,17H2,(H,20,21). The smallest absolute Gasteiger partial charge is 0.326 e. The molecule has 1 aliphatic heterocycles. The van der Waals surface area contributed by atoms with Crippen molar-refractivity contribution in [1.29, 1.82) is 0 Å². The van der Waals surface area contributed by atoms with E-state index in [1.165, 1.54) is 0 Å². The van der Waals surface area contributed by atoms with Crippen LogP contribution in [0, 0.1) is 5.92 Å². The Bertz CT molecular complexity index is 431. The second-order valence-electron chi connectivity index (χ2n) is 7.25. The van der Waals surface area contributed by atoms with Gasteiger partial charge in [0.15, 0.2) is 0 Å². The van der Waals surface area contributed by atoms with Crippen LogP contribution in [0.15, 0.2) is 0 Å². The molecule has 3 aliphatic rings. The molecule has 3 unspecified atom stereocenters. The first-order valence-electron chi connectivity index (χ1n) is 8.33. The van der Waals surface area contributed by atoms with E-state index in [0.29, 0.717) is 18.8 Å². The summed E-state index contributed by atoms with van der Waals surface area (Å²) in [5.41, 5.74) is 5.93. The van der Waals surface area contributed by atoms with E-state index in [0.717, 1.165) is 51.4 Å². The summed E-state index contributed by atoms with van der Waals surface area (Å²) in [6, 6.07) is -0.493. The summed E-state index contributed by atoms with van der Waals surface area (Å²) in [5, 5.41) is 9.48. The van der Waals surface area contributed by atoms with Crippen LogP contribution in [0.4, 0.5) is 0 Å². The molecule has 1 saturated heterocycles. The molecular weight excluding hydrogens is 268 g/mol. The largest absolute Gasteiger partial charge is 0.480 e. The summed E-state index contributed by atoms with van der Waals surface area (Å²) in [6.45, 7) is 0. The van der Waals surface area contributed by atoms with Gasteiger partial charge in [-0.1, -0.05) is 25.7 Å². The van der Waals surface area contributed by atoms with E-state index >= 15 is 0 Å². The molecule has 3 rings (SSSR count). The van der Waals surface area contributed by atoms with Crippen molar-refractivity contribution < 1.29 is 14.7 Å². The average molecular weight is 294 g/mol. The van der Waals surface area contributed by atoms with Crippen LogP contribution in [0.1, 0.15) is 64.2 Å².